The van der Waals surface area contributed by atoms with E-state index in [9.17, 15) is 14.4 Å². The van der Waals surface area contributed by atoms with Gasteiger partial charge < -0.3 is 19.3 Å². The Labute approximate surface area is 213 Å². The van der Waals surface area contributed by atoms with Gasteiger partial charge >= 0.3 is 5.97 Å². The van der Waals surface area contributed by atoms with E-state index in [2.05, 4.69) is 10.3 Å². The third-order valence-corrected chi connectivity index (χ3v) is 6.96. The van der Waals surface area contributed by atoms with Crippen LogP contribution in [0, 0.1) is 0 Å². The van der Waals surface area contributed by atoms with Gasteiger partial charge in [-0.1, -0.05) is 26.2 Å². The summed E-state index contributed by atoms with van der Waals surface area (Å²) in [7, 11) is 0. The Hall–Kier alpha value is -3.10. The van der Waals surface area contributed by atoms with Crippen LogP contribution in [0.15, 0.2) is 23.2 Å². The van der Waals surface area contributed by atoms with Gasteiger partial charge in [0, 0.05) is 31.0 Å². The van der Waals surface area contributed by atoms with Crippen LogP contribution >= 0.6 is 0 Å². The van der Waals surface area contributed by atoms with Crippen molar-refractivity contribution < 1.29 is 23.9 Å². The first-order chi connectivity index (χ1) is 17.5. The summed E-state index contributed by atoms with van der Waals surface area (Å²) in [5.74, 6) is 1.31. The van der Waals surface area contributed by atoms with Gasteiger partial charge in [-0.15, -0.1) is 0 Å². The summed E-state index contributed by atoms with van der Waals surface area (Å²) in [6.07, 6.45) is 8.77. The van der Waals surface area contributed by atoms with Crippen LogP contribution in [-0.4, -0.2) is 65.9 Å². The van der Waals surface area contributed by atoms with E-state index < -0.39 is 0 Å². The molecule has 1 aromatic rings. The highest BCUT2D eigenvalue weighted by molar-refractivity contribution is 6.05. The fourth-order valence-corrected chi connectivity index (χ4v) is 5.08. The summed E-state index contributed by atoms with van der Waals surface area (Å²) in [5, 5.41) is 2.77. The highest BCUT2D eigenvalue weighted by Gasteiger charge is 2.29. The zero-order valence-electron chi connectivity index (χ0n) is 21.3. The van der Waals surface area contributed by atoms with Crippen LogP contribution < -0.4 is 10.1 Å². The predicted octanol–water partition coefficient (Wildman–Crippen LogP) is 3.67. The Kier molecular flexibility index (Phi) is 9.19. The van der Waals surface area contributed by atoms with Crippen LogP contribution in [0.2, 0.25) is 0 Å². The van der Waals surface area contributed by atoms with Crippen molar-refractivity contribution in [2.45, 2.75) is 83.7 Å². The molecule has 1 N–H and O–H groups in total. The average Bonchev–Trinajstić information content (AvgIpc) is 3.24. The number of guanidine groups is 1. The van der Waals surface area contributed by atoms with Crippen LogP contribution in [0.1, 0.15) is 76.7 Å². The topological polar surface area (TPSA) is 101 Å². The molecule has 1 aromatic carbocycles. The first kappa shape index (κ1) is 26.0. The monoisotopic (exact) mass is 498 g/mol. The molecular formula is C27H38N4O5. The second-order valence-electron chi connectivity index (χ2n) is 9.79. The van der Waals surface area contributed by atoms with E-state index in [4.69, 9.17) is 9.47 Å². The van der Waals surface area contributed by atoms with Crippen molar-refractivity contribution in [3.05, 3.63) is 23.8 Å². The molecule has 1 saturated carbocycles. The number of rotatable bonds is 12. The second-order valence-corrected chi connectivity index (χ2v) is 9.79. The number of aliphatic imine (C=N–C) groups is 1. The highest BCUT2D eigenvalue weighted by Crippen LogP contribution is 2.30. The number of nitrogens with zero attached hydrogens (tertiary/aromatic N) is 3. The molecule has 3 aliphatic rings. The van der Waals surface area contributed by atoms with E-state index in [1.807, 2.05) is 34.9 Å². The molecule has 1 saturated heterocycles. The van der Waals surface area contributed by atoms with E-state index in [0.717, 1.165) is 61.9 Å². The number of amides is 2. The number of carbonyl (C=O) groups is 3. The van der Waals surface area contributed by atoms with Gasteiger partial charge in [0.15, 0.2) is 0 Å². The lowest BCUT2D eigenvalue weighted by Crippen LogP contribution is -2.43. The Morgan fingerprint density at radius 3 is 2.75 bits per heavy atom. The molecule has 0 atom stereocenters. The molecule has 2 heterocycles. The minimum Gasteiger partial charge on any atom is -0.494 e. The molecule has 9 heteroatoms. The molecule has 0 radical (unpaired) electrons. The number of fused-ring (bicyclic) bond motifs is 2. The minimum absolute atomic E-state index is 0.0351. The number of unbranched alkanes of at least 4 members (excludes halogenated alkanes) is 1. The van der Waals surface area contributed by atoms with E-state index in [-0.39, 0.29) is 30.4 Å². The molecule has 0 spiro atoms. The van der Waals surface area contributed by atoms with Crippen LogP contribution in [0.3, 0.4) is 0 Å². The molecule has 2 amide bonds. The maximum atomic E-state index is 13.1. The van der Waals surface area contributed by atoms with Crippen LogP contribution in [-0.2, 0) is 25.7 Å². The zero-order valence-corrected chi connectivity index (χ0v) is 21.3. The summed E-state index contributed by atoms with van der Waals surface area (Å²) < 4.78 is 11.3. The standard InChI is InChI=1S/C27H38N4O5/c1-2-8-26(34)36-16-14-31(21-9-4-3-5-10-21)25(33)11-6-7-15-35-22-12-13-23-20(17-22)18-30-19-24(32)29-27(30)28-23/h12-13,17,21H,2-11,14-16,18-19H2,1H3,(H,28,29,32). The lowest BCUT2D eigenvalue weighted by atomic mass is 9.94. The number of benzene rings is 1. The van der Waals surface area contributed by atoms with Gasteiger partial charge in [0.05, 0.1) is 18.8 Å². The minimum atomic E-state index is -0.189. The molecule has 4 rings (SSSR count). The third kappa shape index (κ3) is 6.98. The molecule has 0 bridgehead atoms. The Morgan fingerprint density at radius 1 is 1.11 bits per heavy atom. The average molecular weight is 499 g/mol. The Bertz CT molecular complexity index is 973. The quantitative estimate of drug-likeness (QED) is 0.349. The van der Waals surface area contributed by atoms with E-state index in [1.165, 1.54) is 6.42 Å². The van der Waals surface area contributed by atoms with Gasteiger partial charge in [-0.2, -0.15) is 0 Å². The van der Waals surface area contributed by atoms with Crippen molar-refractivity contribution in [2.75, 3.05) is 26.3 Å². The van der Waals surface area contributed by atoms with Gasteiger partial charge in [0.25, 0.3) is 0 Å². The molecule has 1 aliphatic carbocycles. The second kappa shape index (κ2) is 12.7. The van der Waals surface area contributed by atoms with Crippen molar-refractivity contribution in [1.82, 2.24) is 15.1 Å². The van der Waals surface area contributed by atoms with Crippen molar-refractivity contribution in [1.29, 1.82) is 0 Å². The smallest absolute Gasteiger partial charge is 0.305 e. The van der Waals surface area contributed by atoms with Gasteiger partial charge in [-0.25, -0.2) is 4.99 Å². The van der Waals surface area contributed by atoms with Crippen LogP contribution in [0.4, 0.5) is 5.69 Å². The maximum Gasteiger partial charge on any atom is 0.305 e. The van der Waals surface area contributed by atoms with Crippen molar-refractivity contribution >= 4 is 29.4 Å². The molecular weight excluding hydrogens is 460 g/mol. The molecule has 196 valence electrons. The normalized spacial score (nSPS) is 17.1. The summed E-state index contributed by atoms with van der Waals surface area (Å²) in [6, 6.07) is 6.05. The van der Waals surface area contributed by atoms with Crippen LogP contribution in [0.25, 0.3) is 0 Å². The number of ether oxygens (including phenoxy) is 2. The number of hydrogen-bond acceptors (Lipinski definition) is 7. The lowest BCUT2D eigenvalue weighted by Gasteiger charge is -2.34. The van der Waals surface area contributed by atoms with E-state index in [0.29, 0.717) is 45.0 Å². The molecule has 2 aliphatic heterocycles. The Morgan fingerprint density at radius 2 is 1.94 bits per heavy atom. The SMILES string of the molecule is CCCC(=O)OCCN(C(=O)CCCCOc1ccc2c(c1)CN1CC(=O)NC1=N2)C1CCCCC1. The van der Waals surface area contributed by atoms with Gasteiger partial charge in [-0.3, -0.25) is 19.7 Å². The van der Waals surface area contributed by atoms with Crippen molar-refractivity contribution in [2.24, 2.45) is 4.99 Å². The fourth-order valence-electron chi connectivity index (χ4n) is 5.08. The summed E-state index contributed by atoms with van der Waals surface area (Å²) >= 11 is 0. The van der Waals surface area contributed by atoms with Gasteiger partial charge in [0.2, 0.25) is 17.8 Å². The zero-order chi connectivity index (χ0) is 25.3. The van der Waals surface area contributed by atoms with Crippen LogP contribution in [0.5, 0.6) is 5.75 Å². The number of nitrogens with one attached hydrogen (secondary N) is 1. The van der Waals surface area contributed by atoms with Crippen molar-refractivity contribution in [3.8, 4) is 5.75 Å². The lowest BCUT2D eigenvalue weighted by molar-refractivity contribution is -0.147. The third-order valence-electron chi connectivity index (χ3n) is 6.96. The predicted molar refractivity (Wildman–Crippen MR) is 136 cm³/mol. The molecule has 36 heavy (non-hydrogen) atoms. The molecule has 0 unspecified atom stereocenters. The van der Waals surface area contributed by atoms with E-state index in [1.54, 1.807) is 0 Å². The first-order valence-electron chi connectivity index (χ1n) is 13.4. The summed E-state index contributed by atoms with van der Waals surface area (Å²) in [4.78, 5) is 44.7. The summed E-state index contributed by atoms with van der Waals surface area (Å²) in [6.45, 7) is 4.19. The molecule has 2 fully saturated rings. The number of esters is 1. The molecule has 0 aromatic heterocycles. The van der Waals surface area contributed by atoms with Crippen molar-refractivity contribution in [3.63, 3.8) is 0 Å². The highest BCUT2D eigenvalue weighted by atomic mass is 16.5. The fraction of sp³-hybridized carbons (Fsp3) is 0.630. The van der Waals surface area contributed by atoms with E-state index >= 15 is 0 Å². The first-order valence-corrected chi connectivity index (χ1v) is 13.4. The maximum absolute atomic E-state index is 13.1. The van der Waals surface area contributed by atoms with Gasteiger partial charge in [0.1, 0.15) is 18.9 Å². The largest absolute Gasteiger partial charge is 0.494 e. The summed E-state index contributed by atoms with van der Waals surface area (Å²) in [5.41, 5.74) is 1.88. The Balaban J connectivity index is 1.20. The number of carbonyl (C=O) groups excluding carboxylic acids is 3. The molecule has 9 nitrogen and oxygen atoms in total. The van der Waals surface area contributed by atoms with Gasteiger partial charge in [-0.05, 0) is 50.3 Å². The number of hydrogen-bond donors (Lipinski definition) is 1.